The number of ether oxygens (including phenoxy) is 1. The summed E-state index contributed by atoms with van der Waals surface area (Å²) in [6.07, 6.45) is -8.15. The molecule has 1 amide bonds. The van der Waals surface area contributed by atoms with Crippen LogP contribution in [-0.2, 0) is 4.79 Å². The number of amides is 1. The number of carbonyl (C=O) groups excluding carboxylic acids is 1. The summed E-state index contributed by atoms with van der Waals surface area (Å²) in [4.78, 5) is 12.3. The molecule has 0 aromatic heterocycles. The highest BCUT2D eigenvalue weighted by Crippen LogP contribution is 2.41. The van der Waals surface area contributed by atoms with Crippen molar-refractivity contribution >= 4 is 5.91 Å². The number of rotatable bonds is 4. The molecule has 0 heterocycles. The third kappa shape index (κ3) is 5.54. The van der Waals surface area contributed by atoms with Gasteiger partial charge in [-0.15, -0.1) is 13.2 Å². The van der Waals surface area contributed by atoms with Crippen molar-refractivity contribution < 1.29 is 35.9 Å². The van der Waals surface area contributed by atoms with Gasteiger partial charge in [-0.3, -0.25) is 4.79 Å². The van der Waals surface area contributed by atoms with Gasteiger partial charge < -0.3 is 10.1 Å². The molecule has 0 spiro atoms. The minimum Gasteiger partial charge on any atom is -0.406 e. The lowest BCUT2D eigenvalue weighted by molar-refractivity contribution is -0.274. The lowest BCUT2D eigenvalue weighted by Crippen LogP contribution is -2.43. The Labute approximate surface area is 146 Å². The number of nitrogens with one attached hydrogen (secondary N) is 1. The molecule has 3 nitrogen and oxygen atoms in total. The van der Waals surface area contributed by atoms with Crippen LogP contribution in [0.15, 0.2) is 24.3 Å². The molecular weight excluding hydrogens is 364 g/mol. The van der Waals surface area contributed by atoms with Crippen molar-refractivity contribution in [3.8, 4) is 5.75 Å². The molecular formula is C17H19F6NO2. The van der Waals surface area contributed by atoms with Gasteiger partial charge in [-0.2, -0.15) is 13.2 Å². The highest BCUT2D eigenvalue weighted by atomic mass is 19.4. The molecule has 1 aliphatic rings. The van der Waals surface area contributed by atoms with Crippen LogP contribution in [0, 0.1) is 11.8 Å². The van der Waals surface area contributed by atoms with E-state index >= 15 is 0 Å². The Morgan fingerprint density at radius 2 is 1.65 bits per heavy atom. The van der Waals surface area contributed by atoms with E-state index in [9.17, 15) is 31.1 Å². The van der Waals surface area contributed by atoms with Crippen LogP contribution in [0.3, 0.4) is 0 Å². The number of alkyl halides is 6. The Morgan fingerprint density at radius 1 is 1.08 bits per heavy atom. The number of halogens is 6. The van der Waals surface area contributed by atoms with Crippen LogP contribution in [-0.4, -0.2) is 18.4 Å². The fourth-order valence-corrected chi connectivity index (χ4v) is 3.20. The second kappa shape index (κ2) is 7.75. The van der Waals surface area contributed by atoms with Gasteiger partial charge in [0, 0.05) is 5.92 Å². The number of carbonyl (C=O) groups is 1. The van der Waals surface area contributed by atoms with E-state index in [1.54, 1.807) is 6.92 Å². The SMILES string of the molecule is CC(NC(=O)C1CCCCC1C(F)(F)F)c1ccc(OC(F)(F)F)cc1. The van der Waals surface area contributed by atoms with E-state index < -0.39 is 42.1 Å². The largest absolute Gasteiger partial charge is 0.573 e. The molecule has 0 bridgehead atoms. The zero-order valence-electron chi connectivity index (χ0n) is 14.0. The van der Waals surface area contributed by atoms with Crippen LogP contribution in [0.4, 0.5) is 26.3 Å². The zero-order chi connectivity index (χ0) is 19.5. The van der Waals surface area contributed by atoms with Gasteiger partial charge in [0.2, 0.25) is 5.91 Å². The lowest BCUT2D eigenvalue weighted by atomic mass is 9.78. The number of hydrogen-bond acceptors (Lipinski definition) is 2. The molecule has 26 heavy (non-hydrogen) atoms. The monoisotopic (exact) mass is 383 g/mol. The van der Waals surface area contributed by atoms with Gasteiger partial charge in [-0.1, -0.05) is 25.0 Å². The topological polar surface area (TPSA) is 38.3 Å². The van der Waals surface area contributed by atoms with Crippen molar-refractivity contribution in [3.63, 3.8) is 0 Å². The van der Waals surface area contributed by atoms with Crippen molar-refractivity contribution in [3.05, 3.63) is 29.8 Å². The Hall–Kier alpha value is -1.93. The highest BCUT2D eigenvalue weighted by Gasteiger charge is 2.48. The van der Waals surface area contributed by atoms with Crippen LogP contribution < -0.4 is 10.1 Å². The molecule has 146 valence electrons. The van der Waals surface area contributed by atoms with Gasteiger partial charge in [0.15, 0.2) is 0 Å². The van der Waals surface area contributed by atoms with Crippen LogP contribution >= 0.6 is 0 Å². The summed E-state index contributed by atoms with van der Waals surface area (Å²) in [7, 11) is 0. The molecule has 1 fully saturated rings. The summed E-state index contributed by atoms with van der Waals surface area (Å²) in [5.41, 5.74) is 0.465. The van der Waals surface area contributed by atoms with Crippen molar-refractivity contribution in [2.75, 3.05) is 0 Å². The number of benzene rings is 1. The van der Waals surface area contributed by atoms with Gasteiger partial charge in [0.1, 0.15) is 5.75 Å². The molecule has 1 aliphatic carbocycles. The predicted octanol–water partition coefficient (Wildman–Crippen LogP) is 5.13. The molecule has 1 N–H and O–H groups in total. The van der Waals surface area contributed by atoms with Gasteiger partial charge in [0.05, 0.1) is 12.0 Å². The van der Waals surface area contributed by atoms with Gasteiger partial charge >= 0.3 is 12.5 Å². The van der Waals surface area contributed by atoms with Crippen LogP contribution in [0.1, 0.15) is 44.2 Å². The third-order valence-electron chi connectivity index (χ3n) is 4.50. The predicted molar refractivity (Wildman–Crippen MR) is 81.2 cm³/mol. The summed E-state index contributed by atoms with van der Waals surface area (Å²) in [6, 6.07) is 4.19. The van der Waals surface area contributed by atoms with Crippen molar-refractivity contribution in [2.24, 2.45) is 11.8 Å². The minimum absolute atomic E-state index is 0.0700. The normalized spacial score (nSPS) is 22.6. The minimum atomic E-state index is -4.81. The van der Waals surface area contributed by atoms with Gasteiger partial charge in [0.25, 0.3) is 0 Å². The highest BCUT2D eigenvalue weighted by molar-refractivity contribution is 5.79. The third-order valence-corrected chi connectivity index (χ3v) is 4.50. The molecule has 1 aromatic carbocycles. The van der Waals surface area contributed by atoms with Crippen molar-refractivity contribution in [1.82, 2.24) is 5.32 Å². The summed E-state index contributed by atoms with van der Waals surface area (Å²) in [6.45, 7) is 1.56. The lowest BCUT2D eigenvalue weighted by Gasteiger charge is -2.32. The van der Waals surface area contributed by atoms with E-state index in [0.29, 0.717) is 18.4 Å². The second-order valence-electron chi connectivity index (χ2n) is 6.39. The first kappa shape index (κ1) is 20.4. The van der Waals surface area contributed by atoms with Crippen LogP contribution in [0.25, 0.3) is 0 Å². The standard InChI is InChI=1S/C17H19F6NO2/c1-10(11-6-8-12(9-7-11)26-17(21,22)23)24-15(25)13-4-2-3-5-14(13)16(18,19)20/h6-10,13-14H,2-5H2,1H3,(H,24,25). The van der Waals surface area contributed by atoms with E-state index in [2.05, 4.69) is 10.1 Å². The summed E-state index contributed by atoms with van der Waals surface area (Å²) in [5, 5.41) is 2.53. The fourth-order valence-electron chi connectivity index (χ4n) is 3.20. The van der Waals surface area contributed by atoms with Crippen LogP contribution in [0.5, 0.6) is 5.75 Å². The number of hydrogen-bond donors (Lipinski definition) is 1. The first-order valence-electron chi connectivity index (χ1n) is 8.20. The Bertz CT molecular complexity index is 611. The Balaban J connectivity index is 2.01. The van der Waals surface area contributed by atoms with Crippen molar-refractivity contribution in [1.29, 1.82) is 0 Å². The maximum absolute atomic E-state index is 13.1. The van der Waals surface area contributed by atoms with E-state index in [-0.39, 0.29) is 12.8 Å². The van der Waals surface area contributed by atoms with Gasteiger partial charge in [-0.25, -0.2) is 0 Å². The maximum atomic E-state index is 13.1. The molecule has 1 aromatic rings. The zero-order valence-corrected chi connectivity index (χ0v) is 14.0. The summed E-state index contributed by atoms with van der Waals surface area (Å²) >= 11 is 0. The molecule has 3 atom stereocenters. The average Bonchev–Trinajstić information content (AvgIpc) is 2.53. The van der Waals surface area contributed by atoms with Gasteiger partial charge in [-0.05, 0) is 37.5 Å². The second-order valence-corrected chi connectivity index (χ2v) is 6.39. The quantitative estimate of drug-likeness (QED) is 0.732. The van der Waals surface area contributed by atoms with Crippen molar-refractivity contribution in [2.45, 2.75) is 51.2 Å². The summed E-state index contributed by atoms with van der Waals surface area (Å²) in [5.74, 6) is -3.90. The first-order chi connectivity index (χ1) is 12.0. The Morgan fingerprint density at radius 3 is 2.19 bits per heavy atom. The smallest absolute Gasteiger partial charge is 0.406 e. The van der Waals surface area contributed by atoms with E-state index in [0.717, 1.165) is 12.1 Å². The van der Waals surface area contributed by atoms with Crippen LogP contribution in [0.2, 0.25) is 0 Å². The molecule has 0 radical (unpaired) electrons. The Kier molecular flexibility index (Phi) is 6.08. The fraction of sp³-hybridized carbons (Fsp3) is 0.588. The van der Waals surface area contributed by atoms with E-state index in [4.69, 9.17) is 0 Å². The molecule has 2 rings (SSSR count). The average molecular weight is 383 g/mol. The van der Waals surface area contributed by atoms with E-state index in [1.165, 1.54) is 12.1 Å². The molecule has 9 heteroatoms. The molecule has 1 saturated carbocycles. The first-order valence-corrected chi connectivity index (χ1v) is 8.20. The molecule has 3 unspecified atom stereocenters. The maximum Gasteiger partial charge on any atom is 0.573 e. The summed E-state index contributed by atoms with van der Waals surface area (Å²) < 4.78 is 79.5. The van der Waals surface area contributed by atoms with E-state index in [1.807, 2.05) is 0 Å². The molecule has 0 saturated heterocycles. The molecule has 0 aliphatic heterocycles.